The van der Waals surface area contributed by atoms with E-state index in [1.807, 2.05) is 24.3 Å². The summed E-state index contributed by atoms with van der Waals surface area (Å²) < 4.78 is 11.1. The molecule has 2 rings (SSSR count). The molecule has 0 bridgehead atoms. The minimum absolute atomic E-state index is 0.0262. The number of hydrogen-bond donors (Lipinski definition) is 0. The van der Waals surface area contributed by atoms with E-state index < -0.39 is 0 Å². The second-order valence-corrected chi connectivity index (χ2v) is 5.68. The van der Waals surface area contributed by atoms with Crippen LogP contribution in [0.5, 0.6) is 11.5 Å². The predicted octanol–water partition coefficient (Wildman–Crippen LogP) is 3.64. The summed E-state index contributed by atoms with van der Waals surface area (Å²) in [5, 5.41) is 0. The smallest absolute Gasteiger partial charge is 0.152 e. The van der Waals surface area contributed by atoms with Gasteiger partial charge in [-0.05, 0) is 36.8 Å². The molecule has 0 atom stereocenters. The maximum absolute atomic E-state index is 11.2. The second-order valence-electron chi connectivity index (χ2n) is 5.68. The van der Waals surface area contributed by atoms with Crippen molar-refractivity contribution in [3.8, 4) is 11.5 Å². The van der Waals surface area contributed by atoms with Crippen molar-refractivity contribution in [2.45, 2.75) is 20.8 Å². The third-order valence-corrected chi connectivity index (χ3v) is 3.14. The molecular weight excluding hydrogens is 252 g/mol. The van der Waals surface area contributed by atoms with Gasteiger partial charge in [0.15, 0.2) is 5.78 Å². The number of allylic oxidation sites excluding steroid dienone is 3. The number of rotatable bonds is 3. The number of ketones is 1. The van der Waals surface area contributed by atoms with Gasteiger partial charge in [0.05, 0.1) is 13.7 Å². The molecule has 1 heterocycles. The first-order valence-electron chi connectivity index (χ1n) is 6.64. The highest BCUT2D eigenvalue weighted by Crippen LogP contribution is 2.37. The largest absolute Gasteiger partial charge is 0.497 e. The summed E-state index contributed by atoms with van der Waals surface area (Å²) in [6.45, 7) is 6.36. The third kappa shape index (κ3) is 3.29. The number of ether oxygens (including phenoxy) is 2. The van der Waals surface area contributed by atoms with Crippen molar-refractivity contribution >= 4 is 11.4 Å². The van der Waals surface area contributed by atoms with Gasteiger partial charge in [0.2, 0.25) is 0 Å². The molecule has 106 valence electrons. The van der Waals surface area contributed by atoms with Crippen LogP contribution in [-0.2, 0) is 4.79 Å². The Balaban J connectivity index is 2.54. The van der Waals surface area contributed by atoms with Crippen molar-refractivity contribution in [3.63, 3.8) is 0 Å². The van der Waals surface area contributed by atoms with Crippen LogP contribution < -0.4 is 9.47 Å². The molecule has 0 saturated heterocycles. The Morgan fingerprint density at radius 2 is 2.15 bits per heavy atom. The maximum atomic E-state index is 11.2. The number of hydrogen-bond acceptors (Lipinski definition) is 3. The summed E-state index contributed by atoms with van der Waals surface area (Å²) in [6.07, 6.45) is 5.56. The lowest BCUT2D eigenvalue weighted by Crippen LogP contribution is -2.17. The highest BCUT2D eigenvalue weighted by atomic mass is 16.5. The van der Waals surface area contributed by atoms with E-state index in [0.717, 1.165) is 22.6 Å². The fourth-order valence-corrected chi connectivity index (χ4v) is 2.14. The van der Waals surface area contributed by atoms with Gasteiger partial charge in [-0.1, -0.05) is 26.0 Å². The Morgan fingerprint density at radius 3 is 2.80 bits per heavy atom. The normalized spacial score (nSPS) is 16.9. The molecule has 0 unspecified atom stereocenters. The number of carbonyl (C=O) groups excluding carboxylic acids is 1. The average molecular weight is 272 g/mol. The second kappa shape index (κ2) is 5.53. The third-order valence-electron chi connectivity index (χ3n) is 3.14. The van der Waals surface area contributed by atoms with Crippen LogP contribution in [0.1, 0.15) is 26.3 Å². The molecule has 0 saturated carbocycles. The van der Waals surface area contributed by atoms with Gasteiger partial charge in [-0.25, -0.2) is 0 Å². The maximum Gasteiger partial charge on any atom is 0.152 e. The average Bonchev–Trinajstić information content (AvgIpc) is 2.53. The standard InChI is InChI=1S/C17H20O3/c1-12(18)5-6-13-10-17(2,3)11-20-16-8-7-14(19-4)9-15(13)16/h5-10H,11H2,1-4H3. The lowest BCUT2D eigenvalue weighted by molar-refractivity contribution is -0.112. The molecule has 1 aromatic carbocycles. The van der Waals surface area contributed by atoms with Crippen LogP contribution in [0.25, 0.3) is 5.57 Å². The Bertz CT molecular complexity index is 580. The Kier molecular flexibility index (Phi) is 3.98. The van der Waals surface area contributed by atoms with Crippen LogP contribution in [0.15, 0.2) is 36.4 Å². The SMILES string of the molecule is COc1ccc2c(c1)C(C=CC(C)=O)=CC(C)(C)CO2. The number of fused-ring (bicyclic) bond motifs is 1. The molecule has 20 heavy (non-hydrogen) atoms. The Labute approximate surface area is 119 Å². The van der Waals surface area contributed by atoms with Gasteiger partial charge in [-0.2, -0.15) is 0 Å². The highest BCUT2D eigenvalue weighted by Gasteiger charge is 2.23. The Morgan fingerprint density at radius 1 is 1.40 bits per heavy atom. The van der Waals surface area contributed by atoms with E-state index in [1.165, 1.54) is 0 Å². The zero-order valence-corrected chi connectivity index (χ0v) is 12.4. The molecule has 1 aromatic rings. The van der Waals surface area contributed by atoms with Crippen molar-refractivity contribution in [3.05, 3.63) is 42.0 Å². The van der Waals surface area contributed by atoms with Crippen molar-refractivity contribution in [1.82, 2.24) is 0 Å². The van der Waals surface area contributed by atoms with Crippen LogP contribution in [0, 0.1) is 5.41 Å². The molecule has 0 radical (unpaired) electrons. The van der Waals surface area contributed by atoms with Crippen molar-refractivity contribution < 1.29 is 14.3 Å². The molecule has 0 amide bonds. The van der Waals surface area contributed by atoms with Gasteiger partial charge >= 0.3 is 0 Å². The Hall–Kier alpha value is -2.03. The molecule has 0 spiro atoms. The highest BCUT2D eigenvalue weighted by molar-refractivity contribution is 5.91. The fourth-order valence-electron chi connectivity index (χ4n) is 2.14. The van der Waals surface area contributed by atoms with Crippen LogP contribution in [0.4, 0.5) is 0 Å². The van der Waals surface area contributed by atoms with Gasteiger partial charge in [0.25, 0.3) is 0 Å². The van der Waals surface area contributed by atoms with Crippen molar-refractivity contribution in [2.24, 2.45) is 5.41 Å². The first-order valence-corrected chi connectivity index (χ1v) is 6.64. The number of carbonyl (C=O) groups is 1. The van der Waals surface area contributed by atoms with Crippen LogP contribution in [0.2, 0.25) is 0 Å². The van der Waals surface area contributed by atoms with E-state index in [2.05, 4.69) is 19.9 Å². The zero-order chi connectivity index (χ0) is 14.8. The summed E-state index contributed by atoms with van der Waals surface area (Å²) in [5.74, 6) is 1.61. The van der Waals surface area contributed by atoms with Crippen molar-refractivity contribution in [1.29, 1.82) is 0 Å². The molecular formula is C17H20O3. The predicted molar refractivity (Wildman–Crippen MR) is 80.1 cm³/mol. The van der Waals surface area contributed by atoms with E-state index in [4.69, 9.17) is 9.47 Å². The van der Waals surface area contributed by atoms with Crippen LogP contribution >= 0.6 is 0 Å². The van der Waals surface area contributed by atoms with E-state index in [-0.39, 0.29) is 11.2 Å². The van der Waals surface area contributed by atoms with Gasteiger partial charge in [0.1, 0.15) is 11.5 Å². The molecule has 0 N–H and O–H groups in total. The van der Waals surface area contributed by atoms with Crippen molar-refractivity contribution in [2.75, 3.05) is 13.7 Å². The summed E-state index contributed by atoms with van der Waals surface area (Å²) in [4.78, 5) is 11.2. The van der Waals surface area contributed by atoms with Gasteiger partial charge in [-0.15, -0.1) is 0 Å². The first kappa shape index (κ1) is 14.4. The molecule has 1 aliphatic heterocycles. The van der Waals surface area contributed by atoms with Crippen LogP contribution in [0.3, 0.4) is 0 Å². The quantitative estimate of drug-likeness (QED) is 0.788. The molecule has 0 aliphatic carbocycles. The topological polar surface area (TPSA) is 35.5 Å². The van der Waals surface area contributed by atoms with E-state index in [9.17, 15) is 4.79 Å². The number of benzene rings is 1. The summed E-state index contributed by atoms with van der Waals surface area (Å²) in [5.41, 5.74) is 1.84. The first-order chi connectivity index (χ1) is 9.41. The lowest BCUT2D eigenvalue weighted by atomic mass is 9.90. The molecule has 0 fully saturated rings. The van der Waals surface area contributed by atoms with Gasteiger partial charge < -0.3 is 9.47 Å². The van der Waals surface area contributed by atoms with E-state index in [1.54, 1.807) is 20.1 Å². The monoisotopic (exact) mass is 272 g/mol. The van der Waals surface area contributed by atoms with Gasteiger partial charge in [0, 0.05) is 11.0 Å². The minimum atomic E-state index is -0.0945. The zero-order valence-electron chi connectivity index (χ0n) is 12.4. The van der Waals surface area contributed by atoms with E-state index >= 15 is 0 Å². The lowest BCUT2D eigenvalue weighted by Gasteiger charge is -2.18. The summed E-state index contributed by atoms with van der Waals surface area (Å²) >= 11 is 0. The molecule has 3 heteroatoms. The molecule has 0 aromatic heterocycles. The summed E-state index contributed by atoms with van der Waals surface area (Å²) in [6, 6.07) is 5.72. The molecule has 3 nitrogen and oxygen atoms in total. The van der Waals surface area contributed by atoms with Crippen LogP contribution in [-0.4, -0.2) is 19.5 Å². The fraction of sp³-hybridized carbons (Fsp3) is 0.353. The number of methoxy groups -OCH3 is 1. The minimum Gasteiger partial charge on any atom is -0.497 e. The molecule has 1 aliphatic rings. The summed E-state index contributed by atoms with van der Waals surface area (Å²) in [7, 11) is 1.64. The van der Waals surface area contributed by atoms with E-state index in [0.29, 0.717) is 6.61 Å². The van der Waals surface area contributed by atoms with Gasteiger partial charge in [-0.3, -0.25) is 4.79 Å².